The molecular formula is C14H19F2N3O4S. The first-order chi connectivity index (χ1) is 11.0. The van der Waals surface area contributed by atoms with Gasteiger partial charge in [0.05, 0.1) is 18.0 Å². The molecule has 0 aromatic heterocycles. The number of alkyl halides is 2. The maximum Gasteiger partial charge on any atom is 0.277 e. The van der Waals surface area contributed by atoms with Gasteiger partial charge in [0.25, 0.3) is 11.8 Å². The van der Waals surface area contributed by atoms with Crippen LogP contribution < -0.4 is 11.1 Å². The van der Waals surface area contributed by atoms with E-state index in [1.807, 2.05) is 5.32 Å². The van der Waals surface area contributed by atoms with Crippen LogP contribution in [0.3, 0.4) is 0 Å². The number of hydrogen-bond donors (Lipinski definition) is 2. The van der Waals surface area contributed by atoms with Crippen LogP contribution >= 0.6 is 0 Å². The first-order valence-corrected chi connectivity index (χ1v) is 8.53. The molecule has 0 spiro atoms. The van der Waals surface area contributed by atoms with Crippen molar-refractivity contribution in [1.82, 2.24) is 10.2 Å². The lowest BCUT2D eigenvalue weighted by Crippen LogP contribution is -2.41. The number of hydrogen-bond acceptors (Lipinski definition) is 5. The Balaban J connectivity index is 2.82. The molecule has 0 bridgehead atoms. The molecule has 10 heteroatoms. The standard InChI is InChI=1S/C14H19F2N3O4S/c1-19(2)12(20)7-24(22,23)11-5-3-10(4-6-11)13(21)18-9-14(15,16)8-17/h3-6H,7-9,17H2,1-2H3,(H,18,21). The van der Waals surface area contributed by atoms with Crippen molar-refractivity contribution in [1.29, 1.82) is 0 Å². The molecule has 0 aliphatic rings. The Morgan fingerprint density at radius 1 is 1.21 bits per heavy atom. The number of carbonyl (C=O) groups is 2. The lowest BCUT2D eigenvalue weighted by atomic mass is 10.2. The zero-order valence-electron chi connectivity index (χ0n) is 13.3. The van der Waals surface area contributed by atoms with Gasteiger partial charge >= 0.3 is 0 Å². The molecule has 24 heavy (non-hydrogen) atoms. The molecule has 2 amide bonds. The number of halogens is 2. The summed E-state index contributed by atoms with van der Waals surface area (Å²) in [6, 6.07) is 4.66. The minimum atomic E-state index is -3.85. The summed E-state index contributed by atoms with van der Waals surface area (Å²) in [5.41, 5.74) is 4.88. The molecule has 1 aromatic carbocycles. The fourth-order valence-electron chi connectivity index (χ4n) is 1.57. The molecule has 0 saturated heterocycles. The molecule has 7 nitrogen and oxygen atoms in total. The third kappa shape index (κ3) is 5.53. The first kappa shape index (κ1) is 20.0. The van der Waals surface area contributed by atoms with E-state index >= 15 is 0 Å². The van der Waals surface area contributed by atoms with E-state index in [2.05, 4.69) is 0 Å². The van der Waals surface area contributed by atoms with Gasteiger partial charge in [0.1, 0.15) is 5.75 Å². The van der Waals surface area contributed by atoms with E-state index in [4.69, 9.17) is 5.73 Å². The Bertz CT molecular complexity index is 703. The molecule has 1 aromatic rings. The molecule has 0 atom stereocenters. The van der Waals surface area contributed by atoms with Gasteiger partial charge < -0.3 is 16.0 Å². The summed E-state index contributed by atoms with van der Waals surface area (Å²) in [7, 11) is -0.980. The molecule has 3 N–H and O–H groups in total. The van der Waals surface area contributed by atoms with Crippen molar-refractivity contribution in [3.8, 4) is 0 Å². The fourth-order valence-corrected chi connectivity index (χ4v) is 2.87. The van der Waals surface area contributed by atoms with Crippen molar-refractivity contribution < 1.29 is 26.8 Å². The number of sulfone groups is 1. The summed E-state index contributed by atoms with van der Waals surface area (Å²) >= 11 is 0. The molecule has 0 fully saturated rings. The van der Waals surface area contributed by atoms with Crippen LogP contribution in [0.25, 0.3) is 0 Å². The van der Waals surface area contributed by atoms with Gasteiger partial charge in [0.2, 0.25) is 5.91 Å². The SMILES string of the molecule is CN(C)C(=O)CS(=O)(=O)c1ccc(C(=O)NCC(F)(F)CN)cc1. The van der Waals surface area contributed by atoms with Crippen molar-refractivity contribution >= 4 is 21.7 Å². The van der Waals surface area contributed by atoms with Gasteiger partial charge in [0, 0.05) is 19.7 Å². The summed E-state index contributed by atoms with van der Waals surface area (Å²) in [5, 5.41) is 2.02. The Kier molecular flexibility index (Phi) is 6.38. The van der Waals surface area contributed by atoms with Crippen LogP contribution in [0.4, 0.5) is 8.78 Å². The molecule has 1 rings (SSSR count). The van der Waals surface area contributed by atoms with Gasteiger partial charge in [-0.3, -0.25) is 9.59 Å². The average molecular weight is 363 g/mol. The van der Waals surface area contributed by atoms with Crippen LogP contribution in [-0.4, -0.2) is 64.0 Å². The Hall–Kier alpha value is -2.07. The average Bonchev–Trinajstić information content (AvgIpc) is 2.52. The maximum atomic E-state index is 13.0. The Morgan fingerprint density at radius 3 is 2.21 bits per heavy atom. The monoisotopic (exact) mass is 363 g/mol. The lowest BCUT2D eigenvalue weighted by molar-refractivity contribution is -0.125. The van der Waals surface area contributed by atoms with Gasteiger partial charge in [0.15, 0.2) is 9.84 Å². The second-order valence-electron chi connectivity index (χ2n) is 5.31. The van der Waals surface area contributed by atoms with Gasteiger partial charge in [-0.25, -0.2) is 17.2 Å². The third-order valence-corrected chi connectivity index (χ3v) is 4.71. The van der Waals surface area contributed by atoms with Crippen molar-refractivity contribution in [3.63, 3.8) is 0 Å². The maximum absolute atomic E-state index is 13.0. The minimum Gasteiger partial charge on any atom is -0.348 e. The summed E-state index contributed by atoms with van der Waals surface area (Å²) in [5.74, 6) is -5.28. The van der Waals surface area contributed by atoms with E-state index < -0.39 is 46.4 Å². The van der Waals surface area contributed by atoms with Crippen molar-refractivity contribution in [3.05, 3.63) is 29.8 Å². The van der Waals surface area contributed by atoms with Crippen molar-refractivity contribution in [2.45, 2.75) is 10.8 Å². The summed E-state index contributed by atoms with van der Waals surface area (Å²) in [6.45, 7) is -1.82. The predicted molar refractivity (Wildman–Crippen MR) is 83.5 cm³/mol. The van der Waals surface area contributed by atoms with Crippen LogP contribution in [0.2, 0.25) is 0 Å². The minimum absolute atomic E-state index is 0.0145. The van der Waals surface area contributed by atoms with E-state index in [0.29, 0.717) is 0 Å². The van der Waals surface area contributed by atoms with Gasteiger partial charge in [-0.15, -0.1) is 0 Å². The van der Waals surface area contributed by atoms with Crippen LogP contribution in [0.15, 0.2) is 29.2 Å². The zero-order valence-corrected chi connectivity index (χ0v) is 14.1. The number of nitrogens with one attached hydrogen (secondary N) is 1. The molecule has 0 radical (unpaired) electrons. The highest BCUT2D eigenvalue weighted by Gasteiger charge is 2.27. The second-order valence-corrected chi connectivity index (χ2v) is 7.30. The zero-order chi connectivity index (χ0) is 18.5. The highest BCUT2D eigenvalue weighted by atomic mass is 32.2. The topological polar surface area (TPSA) is 110 Å². The number of nitrogens with zero attached hydrogens (tertiary/aromatic N) is 1. The number of benzene rings is 1. The summed E-state index contributed by atoms with van der Waals surface area (Å²) < 4.78 is 50.1. The highest BCUT2D eigenvalue weighted by molar-refractivity contribution is 7.92. The van der Waals surface area contributed by atoms with Crippen LogP contribution in [0.5, 0.6) is 0 Å². The van der Waals surface area contributed by atoms with Crippen molar-refractivity contribution in [2.24, 2.45) is 5.73 Å². The largest absolute Gasteiger partial charge is 0.348 e. The second kappa shape index (κ2) is 7.67. The quantitative estimate of drug-likeness (QED) is 0.701. The molecule has 0 heterocycles. The van der Waals surface area contributed by atoms with E-state index in [1.165, 1.54) is 26.2 Å². The van der Waals surface area contributed by atoms with E-state index in [9.17, 15) is 26.8 Å². The molecule has 0 saturated carbocycles. The first-order valence-electron chi connectivity index (χ1n) is 6.87. The third-order valence-electron chi connectivity index (χ3n) is 3.09. The van der Waals surface area contributed by atoms with Crippen molar-refractivity contribution in [2.75, 3.05) is 32.9 Å². The number of rotatable bonds is 7. The summed E-state index contributed by atoms with van der Waals surface area (Å²) in [6.07, 6.45) is 0. The summed E-state index contributed by atoms with van der Waals surface area (Å²) in [4.78, 5) is 24.3. The van der Waals surface area contributed by atoms with E-state index in [-0.39, 0.29) is 10.5 Å². The molecule has 0 unspecified atom stereocenters. The fraction of sp³-hybridized carbons (Fsp3) is 0.429. The number of nitrogens with two attached hydrogens (primary N) is 1. The molecule has 134 valence electrons. The van der Waals surface area contributed by atoms with E-state index in [1.54, 1.807) is 0 Å². The molecule has 0 aliphatic carbocycles. The molecule has 0 aliphatic heterocycles. The predicted octanol–water partition coefficient (Wildman–Crippen LogP) is -0.128. The van der Waals surface area contributed by atoms with Gasteiger partial charge in [-0.1, -0.05) is 0 Å². The van der Waals surface area contributed by atoms with Crippen LogP contribution in [0.1, 0.15) is 10.4 Å². The van der Waals surface area contributed by atoms with Crippen LogP contribution in [-0.2, 0) is 14.6 Å². The Morgan fingerprint density at radius 2 is 1.75 bits per heavy atom. The lowest BCUT2D eigenvalue weighted by Gasteiger charge is -2.14. The Labute approximate surface area is 138 Å². The normalized spacial score (nSPS) is 11.9. The number of carbonyl (C=O) groups excluding carboxylic acids is 2. The van der Waals surface area contributed by atoms with Gasteiger partial charge in [-0.2, -0.15) is 0 Å². The smallest absolute Gasteiger partial charge is 0.277 e. The highest BCUT2D eigenvalue weighted by Crippen LogP contribution is 2.14. The van der Waals surface area contributed by atoms with E-state index in [0.717, 1.165) is 17.0 Å². The number of amides is 2. The molecular weight excluding hydrogens is 344 g/mol. The van der Waals surface area contributed by atoms with Crippen LogP contribution in [0, 0.1) is 0 Å². The van der Waals surface area contributed by atoms with Gasteiger partial charge in [-0.05, 0) is 24.3 Å².